The molecular weight excluding hydrogens is 364 g/mol. The fraction of sp³-hybridized carbons (Fsp3) is 0.250. The number of hydrogen-bond donors (Lipinski definition) is 1. The fourth-order valence-electron chi connectivity index (χ4n) is 2.84. The molecule has 6 nitrogen and oxygen atoms in total. The summed E-state index contributed by atoms with van der Waals surface area (Å²) in [6.45, 7) is 3.47. The molecule has 0 saturated carbocycles. The molecule has 0 aliphatic rings. The number of fused-ring (bicyclic) bond motifs is 1. The number of para-hydroxylation sites is 1. The Labute approximate surface area is 158 Å². The summed E-state index contributed by atoms with van der Waals surface area (Å²) in [6.07, 6.45) is 0. The summed E-state index contributed by atoms with van der Waals surface area (Å²) in [7, 11) is -3.85. The number of H-pyrrole nitrogens is 1. The minimum atomic E-state index is -3.85. The number of nitrogens with zero attached hydrogens (tertiary/aromatic N) is 1. The molecule has 0 atom stereocenters. The second-order valence-corrected chi connectivity index (χ2v) is 8.21. The zero-order valence-corrected chi connectivity index (χ0v) is 16.1. The molecule has 1 N–H and O–H groups in total. The van der Waals surface area contributed by atoms with Gasteiger partial charge in [-0.15, -0.1) is 0 Å². The summed E-state index contributed by atoms with van der Waals surface area (Å²) in [4.78, 5) is 15.4. The van der Waals surface area contributed by atoms with Crippen molar-refractivity contribution in [3.05, 3.63) is 65.9 Å². The summed E-state index contributed by atoms with van der Waals surface area (Å²) >= 11 is 0. The summed E-state index contributed by atoms with van der Waals surface area (Å²) in [5.74, 6) is -0.579. The van der Waals surface area contributed by atoms with Crippen LogP contribution in [0.15, 0.2) is 59.5 Å². The molecule has 1 heterocycles. The fourth-order valence-corrected chi connectivity index (χ4v) is 4.21. The lowest BCUT2D eigenvalue weighted by Crippen LogP contribution is -2.36. The van der Waals surface area contributed by atoms with Gasteiger partial charge in [-0.05, 0) is 43.5 Å². The molecule has 27 heavy (non-hydrogen) atoms. The minimum absolute atomic E-state index is 0.0453. The number of nitrogens with one attached hydrogen (secondary N) is 1. The van der Waals surface area contributed by atoms with E-state index >= 15 is 0 Å². The summed E-state index contributed by atoms with van der Waals surface area (Å²) in [6, 6.07) is 16.1. The maximum absolute atomic E-state index is 13.1. The molecule has 0 saturated heterocycles. The molecule has 7 heteroatoms. The number of sulfonamides is 1. The molecule has 142 valence electrons. The maximum atomic E-state index is 13.1. The largest absolute Gasteiger partial charge is 0.465 e. The standard InChI is InChI=1S/C20H22N2O4S/c1-3-26-20(23)14-22(27(24,25)18-10-8-15(2)9-11-18)13-17-12-16-6-4-5-7-19(16)21-17/h4-12,21H,3,13-14H2,1-2H3. The molecule has 0 bridgehead atoms. The van der Waals surface area contributed by atoms with Crippen LogP contribution in [0.3, 0.4) is 0 Å². The van der Waals surface area contributed by atoms with Crippen LogP contribution in [0.4, 0.5) is 0 Å². The van der Waals surface area contributed by atoms with E-state index in [2.05, 4.69) is 4.98 Å². The van der Waals surface area contributed by atoms with Crippen molar-refractivity contribution in [3.63, 3.8) is 0 Å². The van der Waals surface area contributed by atoms with Crippen molar-refractivity contribution < 1.29 is 17.9 Å². The molecule has 3 rings (SSSR count). The Balaban J connectivity index is 1.94. The first kappa shape index (κ1) is 19.1. The van der Waals surface area contributed by atoms with E-state index in [4.69, 9.17) is 4.74 Å². The number of carbonyl (C=O) groups excluding carboxylic acids is 1. The Kier molecular flexibility index (Phi) is 5.62. The molecule has 0 aliphatic heterocycles. The van der Waals surface area contributed by atoms with Crippen LogP contribution in [0.2, 0.25) is 0 Å². The predicted octanol–water partition coefficient (Wildman–Crippen LogP) is 3.23. The Morgan fingerprint density at radius 1 is 1.11 bits per heavy atom. The lowest BCUT2D eigenvalue weighted by molar-refractivity contribution is -0.143. The van der Waals surface area contributed by atoms with Gasteiger partial charge in [0.05, 0.1) is 18.0 Å². The topological polar surface area (TPSA) is 79.5 Å². The van der Waals surface area contributed by atoms with E-state index < -0.39 is 16.0 Å². The quantitative estimate of drug-likeness (QED) is 0.632. The Morgan fingerprint density at radius 3 is 2.48 bits per heavy atom. The van der Waals surface area contributed by atoms with Crippen LogP contribution in [-0.2, 0) is 26.1 Å². The van der Waals surface area contributed by atoms with Gasteiger partial charge < -0.3 is 9.72 Å². The van der Waals surface area contributed by atoms with Crippen molar-refractivity contribution in [2.24, 2.45) is 0 Å². The second kappa shape index (κ2) is 7.94. The van der Waals surface area contributed by atoms with Crippen LogP contribution >= 0.6 is 0 Å². The third kappa shape index (κ3) is 4.37. The first-order valence-corrected chi connectivity index (χ1v) is 10.1. The average molecular weight is 386 g/mol. The van der Waals surface area contributed by atoms with Gasteiger partial charge in [0.25, 0.3) is 0 Å². The highest BCUT2D eigenvalue weighted by Crippen LogP contribution is 2.21. The van der Waals surface area contributed by atoms with E-state index in [1.165, 1.54) is 0 Å². The Morgan fingerprint density at radius 2 is 1.81 bits per heavy atom. The molecule has 0 radical (unpaired) electrons. The number of hydrogen-bond acceptors (Lipinski definition) is 4. The van der Waals surface area contributed by atoms with Crippen molar-refractivity contribution in [1.29, 1.82) is 0 Å². The molecule has 0 unspecified atom stereocenters. The number of aromatic amines is 1. The normalized spacial score (nSPS) is 11.8. The number of aryl methyl sites for hydroxylation is 1. The van der Waals surface area contributed by atoms with E-state index in [-0.39, 0.29) is 24.6 Å². The van der Waals surface area contributed by atoms with Crippen molar-refractivity contribution in [1.82, 2.24) is 9.29 Å². The van der Waals surface area contributed by atoms with Gasteiger partial charge >= 0.3 is 5.97 Å². The van der Waals surface area contributed by atoms with Crippen LogP contribution in [0.1, 0.15) is 18.2 Å². The van der Waals surface area contributed by atoms with Gasteiger partial charge in [0.2, 0.25) is 10.0 Å². The zero-order valence-electron chi connectivity index (χ0n) is 15.3. The van der Waals surface area contributed by atoms with Gasteiger partial charge in [0.1, 0.15) is 6.54 Å². The minimum Gasteiger partial charge on any atom is -0.465 e. The SMILES string of the molecule is CCOC(=O)CN(Cc1cc2ccccc2[nH]1)S(=O)(=O)c1ccc(C)cc1. The first-order valence-electron chi connectivity index (χ1n) is 8.69. The molecule has 0 spiro atoms. The molecule has 0 aliphatic carbocycles. The number of rotatable bonds is 7. The monoisotopic (exact) mass is 386 g/mol. The number of esters is 1. The Bertz CT molecular complexity index is 1010. The highest BCUT2D eigenvalue weighted by atomic mass is 32.2. The summed E-state index contributed by atoms with van der Waals surface area (Å²) in [5.41, 5.74) is 2.58. The van der Waals surface area contributed by atoms with Gasteiger partial charge in [-0.1, -0.05) is 35.9 Å². The third-order valence-corrected chi connectivity index (χ3v) is 6.01. The molecule has 0 amide bonds. The van der Waals surface area contributed by atoms with Crippen molar-refractivity contribution in [2.45, 2.75) is 25.3 Å². The number of ether oxygens (including phenoxy) is 1. The summed E-state index contributed by atoms with van der Waals surface area (Å²) in [5, 5.41) is 0.983. The first-order chi connectivity index (χ1) is 12.9. The molecule has 3 aromatic rings. The van der Waals surface area contributed by atoms with E-state index in [0.29, 0.717) is 5.69 Å². The van der Waals surface area contributed by atoms with Crippen LogP contribution in [0.25, 0.3) is 10.9 Å². The van der Waals surface area contributed by atoms with Crippen LogP contribution in [0.5, 0.6) is 0 Å². The zero-order chi connectivity index (χ0) is 19.4. The van der Waals surface area contributed by atoms with Gasteiger partial charge in [0, 0.05) is 11.2 Å². The van der Waals surface area contributed by atoms with E-state index in [1.807, 2.05) is 37.3 Å². The highest BCUT2D eigenvalue weighted by Gasteiger charge is 2.28. The van der Waals surface area contributed by atoms with Crippen LogP contribution in [0, 0.1) is 6.92 Å². The predicted molar refractivity (Wildman–Crippen MR) is 104 cm³/mol. The van der Waals surface area contributed by atoms with Gasteiger partial charge in [-0.25, -0.2) is 8.42 Å². The van der Waals surface area contributed by atoms with Gasteiger partial charge in [-0.3, -0.25) is 4.79 Å². The molecule has 0 fully saturated rings. The number of carbonyl (C=O) groups is 1. The van der Waals surface area contributed by atoms with Gasteiger partial charge in [0.15, 0.2) is 0 Å². The number of aromatic nitrogens is 1. The van der Waals surface area contributed by atoms with E-state index in [9.17, 15) is 13.2 Å². The lowest BCUT2D eigenvalue weighted by atomic mass is 10.2. The van der Waals surface area contributed by atoms with E-state index in [1.54, 1.807) is 31.2 Å². The average Bonchev–Trinajstić information content (AvgIpc) is 3.04. The van der Waals surface area contributed by atoms with Crippen LogP contribution in [-0.4, -0.2) is 36.8 Å². The molecule has 1 aromatic heterocycles. The second-order valence-electron chi connectivity index (χ2n) is 6.27. The summed E-state index contributed by atoms with van der Waals surface area (Å²) < 4.78 is 32.3. The highest BCUT2D eigenvalue weighted by molar-refractivity contribution is 7.89. The van der Waals surface area contributed by atoms with Crippen molar-refractivity contribution in [3.8, 4) is 0 Å². The van der Waals surface area contributed by atoms with Crippen molar-refractivity contribution >= 4 is 26.9 Å². The van der Waals surface area contributed by atoms with E-state index in [0.717, 1.165) is 20.8 Å². The smallest absolute Gasteiger partial charge is 0.321 e. The number of benzene rings is 2. The van der Waals surface area contributed by atoms with Crippen LogP contribution < -0.4 is 0 Å². The molecule has 2 aromatic carbocycles. The third-order valence-electron chi connectivity index (χ3n) is 4.20. The van der Waals surface area contributed by atoms with Gasteiger partial charge in [-0.2, -0.15) is 4.31 Å². The van der Waals surface area contributed by atoms with Crippen molar-refractivity contribution in [2.75, 3.05) is 13.2 Å². The molecular formula is C20H22N2O4S. The lowest BCUT2D eigenvalue weighted by Gasteiger charge is -2.21. The Hall–Kier alpha value is -2.64. The maximum Gasteiger partial charge on any atom is 0.321 e.